The second kappa shape index (κ2) is 14.0. The quantitative estimate of drug-likeness (QED) is 0.357. The summed E-state index contributed by atoms with van der Waals surface area (Å²) in [5.41, 5.74) is -0.455. The Balaban J connectivity index is 1.68. The van der Waals surface area contributed by atoms with E-state index in [1.807, 2.05) is 30.3 Å². The van der Waals surface area contributed by atoms with Crippen LogP contribution in [0.15, 0.2) is 30.3 Å². The van der Waals surface area contributed by atoms with Crippen LogP contribution < -0.4 is 16.0 Å². The number of amides is 3. The minimum absolute atomic E-state index is 0.0553. The topological polar surface area (TPSA) is 126 Å². The summed E-state index contributed by atoms with van der Waals surface area (Å²) in [5, 5.41) is 8.39. The van der Waals surface area contributed by atoms with E-state index in [1.54, 1.807) is 7.05 Å². The first-order valence-electron chi connectivity index (χ1n) is 12.8. The maximum absolute atomic E-state index is 13.8. The molecule has 2 fully saturated rings. The summed E-state index contributed by atoms with van der Waals surface area (Å²) in [5.74, 6) is -1.56. The molecule has 2 aliphatic rings. The van der Waals surface area contributed by atoms with Crippen LogP contribution >= 0.6 is 0 Å². The van der Waals surface area contributed by atoms with Crippen molar-refractivity contribution in [3.63, 3.8) is 0 Å². The van der Waals surface area contributed by atoms with Gasteiger partial charge in [-0.3, -0.25) is 14.4 Å². The molecule has 0 spiro atoms. The van der Waals surface area contributed by atoms with Gasteiger partial charge >= 0.3 is 6.09 Å². The van der Waals surface area contributed by atoms with E-state index in [0.717, 1.165) is 5.56 Å². The lowest BCUT2D eigenvalue weighted by Gasteiger charge is -2.40. The Morgan fingerprint density at radius 2 is 1.92 bits per heavy atom. The van der Waals surface area contributed by atoms with Gasteiger partial charge in [0.2, 0.25) is 11.8 Å². The summed E-state index contributed by atoms with van der Waals surface area (Å²) < 4.78 is 23.9. The van der Waals surface area contributed by atoms with Gasteiger partial charge in [0.05, 0.1) is 6.04 Å². The average Bonchev–Trinajstić information content (AvgIpc) is 3.42. The van der Waals surface area contributed by atoms with Gasteiger partial charge in [-0.05, 0) is 44.8 Å². The van der Waals surface area contributed by atoms with E-state index in [4.69, 9.17) is 9.47 Å². The number of alkyl carbamates (subject to hydrolysis) is 1. The molecular weight excluding hydrogens is 483 g/mol. The molecule has 3 N–H and O–H groups in total. The molecule has 1 aromatic rings. The summed E-state index contributed by atoms with van der Waals surface area (Å²) >= 11 is 0. The summed E-state index contributed by atoms with van der Waals surface area (Å²) in [6, 6.07) is 7.43. The number of hydrogen-bond donors (Lipinski definition) is 3. The number of halogens is 1. The normalized spacial score (nSPS) is 19.6. The third-order valence-corrected chi connectivity index (χ3v) is 6.88. The van der Waals surface area contributed by atoms with Crippen LogP contribution in [0, 0.1) is 0 Å². The number of likely N-dealkylation sites (tertiary alicyclic amines) is 1. The van der Waals surface area contributed by atoms with Gasteiger partial charge < -0.3 is 30.3 Å². The zero-order valence-corrected chi connectivity index (χ0v) is 21.3. The molecule has 0 bridgehead atoms. The molecule has 3 rings (SSSR count). The highest BCUT2D eigenvalue weighted by Gasteiger charge is 2.48. The van der Waals surface area contributed by atoms with Gasteiger partial charge in [0.15, 0.2) is 5.78 Å². The van der Waals surface area contributed by atoms with Crippen LogP contribution in [0.5, 0.6) is 0 Å². The Morgan fingerprint density at radius 1 is 1.19 bits per heavy atom. The Kier molecular flexibility index (Phi) is 10.8. The van der Waals surface area contributed by atoms with E-state index < -0.39 is 42.1 Å². The van der Waals surface area contributed by atoms with Crippen LogP contribution in [0.25, 0.3) is 0 Å². The first kappa shape index (κ1) is 28.5. The standard InChI is InChI=1S/C26H37FN4O6/c1-28-13-5-9-20(22(32)17-27)29-23(33)21-10-6-14-31(21)24(34)26(11-15-36-16-12-26)30-25(35)37-18-19-7-3-2-4-8-19/h2-4,7-8,20-21,28H,5-6,9-18H2,1H3,(H,29,33)(H,30,35)/t20-,21-/m0/s1. The van der Waals surface area contributed by atoms with Crippen molar-refractivity contribution in [2.45, 2.75) is 62.8 Å². The number of ketones is 1. The lowest BCUT2D eigenvalue weighted by Crippen LogP contribution is -2.64. The molecule has 11 heteroatoms. The van der Waals surface area contributed by atoms with Crippen molar-refractivity contribution in [3.05, 3.63) is 35.9 Å². The van der Waals surface area contributed by atoms with E-state index in [9.17, 15) is 23.6 Å². The Morgan fingerprint density at radius 3 is 2.59 bits per heavy atom. The molecule has 0 radical (unpaired) electrons. The first-order valence-corrected chi connectivity index (χ1v) is 12.8. The first-order chi connectivity index (χ1) is 17.9. The van der Waals surface area contributed by atoms with Gasteiger partial charge in [0.1, 0.15) is 24.9 Å². The summed E-state index contributed by atoms with van der Waals surface area (Å²) in [7, 11) is 1.77. The number of carbonyl (C=O) groups excluding carboxylic acids is 4. The molecule has 2 saturated heterocycles. The fourth-order valence-electron chi connectivity index (χ4n) is 4.78. The van der Waals surface area contributed by atoms with Crippen LogP contribution in [-0.2, 0) is 30.5 Å². The van der Waals surface area contributed by atoms with Gasteiger partial charge in [0, 0.05) is 32.6 Å². The molecule has 37 heavy (non-hydrogen) atoms. The Bertz CT molecular complexity index is 925. The summed E-state index contributed by atoms with van der Waals surface area (Å²) in [6.07, 6.45) is 1.64. The molecule has 2 heterocycles. The van der Waals surface area contributed by atoms with Gasteiger partial charge in [-0.15, -0.1) is 0 Å². The second-order valence-corrected chi connectivity index (χ2v) is 9.44. The van der Waals surface area contributed by atoms with Crippen molar-refractivity contribution >= 4 is 23.7 Å². The SMILES string of the molecule is CNCCC[C@H](NC(=O)[C@@H]1CCCN1C(=O)C1(NC(=O)OCc2ccccc2)CCOCC1)C(=O)CF. The highest BCUT2D eigenvalue weighted by atomic mass is 19.1. The van der Waals surface area contributed by atoms with Gasteiger partial charge in [-0.25, -0.2) is 9.18 Å². The van der Waals surface area contributed by atoms with E-state index in [0.29, 0.717) is 38.8 Å². The zero-order valence-electron chi connectivity index (χ0n) is 21.3. The van der Waals surface area contributed by atoms with Crippen LogP contribution in [0.3, 0.4) is 0 Å². The molecule has 1 aromatic carbocycles. The molecule has 2 aliphatic heterocycles. The fourth-order valence-corrected chi connectivity index (χ4v) is 4.78. The van der Waals surface area contributed by atoms with Crippen molar-refractivity contribution in [1.29, 1.82) is 0 Å². The molecule has 0 aliphatic carbocycles. The number of benzene rings is 1. The number of carbonyl (C=O) groups is 4. The third kappa shape index (κ3) is 7.72. The molecule has 0 aromatic heterocycles. The predicted molar refractivity (Wildman–Crippen MR) is 133 cm³/mol. The number of nitrogens with one attached hydrogen (secondary N) is 3. The molecule has 204 valence electrons. The van der Waals surface area contributed by atoms with Crippen LogP contribution in [0.2, 0.25) is 0 Å². The molecular formula is C26H37FN4O6. The van der Waals surface area contributed by atoms with Crippen LogP contribution in [0.1, 0.15) is 44.1 Å². The molecule has 3 amide bonds. The highest BCUT2D eigenvalue weighted by Crippen LogP contribution is 2.29. The fraction of sp³-hybridized carbons (Fsp3) is 0.615. The summed E-state index contributed by atoms with van der Waals surface area (Å²) in [4.78, 5) is 53.2. The highest BCUT2D eigenvalue weighted by molar-refractivity contribution is 5.96. The number of ether oxygens (including phenoxy) is 2. The van der Waals surface area contributed by atoms with Crippen LogP contribution in [-0.4, -0.2) is 86.2 Å². The molecule has 10 nitrogen and oxygen atoms in total. The lowest BCUT2D eigenvalue weighted by atomic mass is 9.88. The maximum atomic E-state index is 13.8. The van der Waals surface area contributed by atoms with Crippen molar-refractivity contribution < 1.29 is 33.0 Å². The predicted octanol–water partition coefficient (Wildman–Crippen LogP) is 1.48. The third-order valence-electron chi connectivity index (χ3n) is 6.88. The second-order valence-electron chi connectivity index (χ2n) is 9.44. The van der Waals surface area contributed by atoms with Gasteiger partial charge in [0.25, 0.3) is 0 Å². The van der Waals surface area contributed by atoms with E-state index in [2.05, 4.69) is 16.0 Å². The summed E-state index contributed by atoms with van der Waals surface area (Å²) in [6.45, 7) is 0.385. The molecule has 2 atom stereocenters. The average molecular weight is 521 g/mol. The monoisotopic (exact) mass is 520 g/mol. The zero-order chi connectivity index (χ0) is 26.7. The number of nitrogens with zero attached hydrogens (tertiary/aromatic N) is 1. The van der Waals surface area contributed by atoms with Crippen molar-refractivity contribution in [2.24, 2.45) is 0 Å². The van der Waals surface area contributed by atoms with E-state index in [1.165, 1.54) is 4.90 Å². The minimum Gasteiger partial charge on any atom is -0.445 e. The van der Waals surface area contributed by atoms with E-state index >= 15 is 0 Å². The van der Waals surface area contributed by atoms with Crippen molar-refractivity contribution in [2.75, 3.05) is 40.0 Å². The number of hydrogen-bond acceptors (Lipinski definition) is 7. The largest absolute Gasteiger partial charge is 0.445 e. The lowest BCUT2D eigenvalue weighted by molar-refractivity contribution is -0.147. The Hall–Kier alpha value is -3.05. The number of Topliss-reactive ketones (excluding diaryl/α,β-unsaturated/α-hetero) is 1. The smallest absolute Gasteiger partial charge is 0.408 e. The molecule has 0 saturated carbocycles. The van der Waals surface area contributed by atoms with Crippen molar-refractivity contribution in [1.82, 2.24) is 20.9 Å². The Labute approximate surface area is 216 Å². The molecule has 0 unspecified atom stereocenters. The maximum Gasteiger partial charge on any atom is 0.408 e. The van der Waals surface area contributed by atoms with Gasteiger partial charge in [-0.2, -0.15) is 0 Å². The number of rotatable bonds is 12. The minimum atomic E-state index is -1.27. The van der Waals surface area contributed by atoms with Crippen LogP contribution in [0.4, 0.5) is 9.18 Å². The van der Waals surface area contributed by atoms with Crippen molar-refractivity contribution in [3.8, 4) is 0 Å². The van der Waals surface area contributed by atoms with E-state index in [-0.39, 0.29) is 38.6 Å². The number of alkyl halides is 1. The van der Waals surface area contributed by atoms with Gasteiger partial charge in [-0.1, -0.05) is 30.3 Å².